The minimum atomic E-state index is -0.460. The number of fused-ring (bicyclic) bond motifs is 3. The number of aromatic nitrogens is 3. The van der Waals surface area contributed by atoms with Crippen LogP contribution in [0.1, 0.15) is 17.4 Å². The highest BCUT2D eigenvalue weighted by Crippen LogP contribution is 2.40. The summed E-state index contributed by atoms with van der Waals surface area (Å²) in [6, 6.07) is 23.4. The summed E-state index contributed by atoms with van der Waals surface area (Å²) in [6.07, 6.45) is -0.460. The van der Waals surface area contributed by atoms with Gasteiger partial charge in [0.2, 0.25) is 11.0 Å². The van der Waals surface area contributed by atoms with Gasteiger partial charge in [0, 0.05) is 27.6 Å². The summed E-state index contributed by atoms with van der Waals surface area (Å²) in [7, 11) is 1.65. The number of nitrogens with zero attached hydrogens (tertiary/aromatic N) is 3. The predicted octanol–water partition coefficient (Wildman–Crippen LogP) is 6.00. The van der Waals surface area contributed by atoms with Gasteiger partial charge in [-0.25, -0.2) is 0 Å². The third-order valence-corrected chi connectivity index (χ3v) is 6.17. The summed E-state index contributed by atoms with van der Waals surface area (Å²) in [5.74, 6) is 1.89. The van der Waals surface area contributed by atoms with E-state index >= 15 is 0 Å². The fourth-order valence-electron chi connectivity index (χ4n) is 3.39. The summed E-state index contributed by atoms with van der Waals surface area (Å²) >= 11 is 7.47. The molecule has 160 valence electrons. The van der Waals surface area contributed by atoms with Gasteiger partial charge in [-0.3, -0.25) is 0 Å². The molecule has 1 N–H and O–H groups in total. The second-order valence-electron chi connectivity index (χ2n) is 7.13. The maximum atomic E-state index is 6.32. The molecule has 32 heavy (non-hydrogen) atoms. The Morgan fingerprint density at radius 2 is 1.88 bits per heavy atom. The van der Waals surface area contributed by atoms with Crippen molar-refractivity contribution in [1.29, 1.82) is 0 Å². The molecule has 0 saturated carbocycles. The van der Waals surface area contributed by atoms with Crippen LogP contribution in [0.3, 0.4) is 0 Å². The van der Waals surface area contributed by atoms with E-state index in [1.807, 2.05) is 72.8 Å². The molecule has 0 saturated heterocycles. The Morgan fingerprint density at radius 1 is 1.03 bits per heavy atom. The Hall–Kier alpha value is -3.29. The molecule has 8 heteroatoms. The van der Waals surface area contributed by atoms with Crippen LogP contribution in [-0.4, -0.2) is 22.3 Å². The first-order chi connectivity index (χ1) is 15.7. The lowest BCUT2D eigenvalue weighted by molar-refractivity contribution is 0.224. The van der Waals surface area contributed by atoms with Crippen LogP contribution < -0.4 is 14.8 Å². The van der Waals surface area contributed by atoms with Gasteiger partial charge in [0.15, 0.2) is 11.9 Å². The zero-order chi connectivity index (χ0) is 21.9. The molecule has 1 atom stereocenters. The third-order valence-electron chi connectivity index (χ3n) is 5.01. The molecule has 0 unspecified atom stereocenters. The van der Waals surface area contributed by atoms with Gasteiger partial charge >= 0.3 is 0 Å². The number of para-hydroxylation sites is 1. The van der Waals surface area contributed by atoms with E-state index in [2.05, 4.69) is 15.5 Å². The van der Waals surface area contributed by atoms with Crippen LogP contribution in [0.2, 0.25) is 5.02 Å². The van der Waals surface area contributed by atoms with Gasteiger partial charge in [0.1, 0.15) is 5.75 Å². The van der Waals surface area contributed by atoms with Crippen LogP contribution in [0, 0.1) is 0 Å². The number of rotatable bonds is 5. The van der Waals surface area contributed by atoms with Crippen molar-refractivity contribution < 1.29 is 9.47 Å². The van der Waals surface area contributed by atoms with Gasteiger partial charge in [-0.05, 0) is 35.9 Å². The Morgan fingerprint density at radius 3 is 2.72 bits per heavy atom. The van der Waals surface area contributed by atoms with Crippen LogP contribution >= 0.6 is 23.4 Å². The molecule has 1 aliphatic heterocycles. The van der Waals surface area contributed by atoms with E-state index in [4.69, 9.17) is 26.1 Å². The number of hydrogen-bond acceptors (Lipinski definition) is 7. The lowest BCUT2D eigenvalue weighted by Crippen LogP contribution is -2.17. The standard InChI is InChI=1S/C24H19ClN4O2S/c1-30-18-6-4-5-16(13-18)22-26-20-8-3-2-7-19(20)21-23(31-22)27-24(29-28-21)32-14-15-9-11-17(25)12-10-15/h2-13,22,26H,14H2,1H3/t22-/m0/s1. The van der Waals surface area contributed by atoms with E-state index in [9.17, 15) is 0 Å². The molecular weight excluding hydrogens is 444 g/mol. The number of nitrogens with one attached hydrogen (secondary N) is 1. The van der Waals surface area contributed by atoms with Crippen LogP contribution in [0.4, 0.5) is 5.69 Å². The third kappa shape index (κ3) is 4.35. The molecule has 1 aliphatic rings. The second kappa shape index (κ2) is 9.06. The number of thioether (sulfide) groups is 1. The highest BCUT2D eigenvalue weighted by atomic mass is 35.5. The summed E-state index contributed by atoms with van der Waals surface area (Å²) in [5.41, 5.74) is 4.44. The molecule has 0 aliphatic carbocycles. The van der Waals surface area contributed by atoms with Crippen molar-refractivity contribution in [3.05, 3.63) is 88.9 Å². The number of hydrogen-bond donors (Lipinski definition) is 1. The van der Waals surface area contributed by atoms with E-state index in [-0.39, 0.29) is 0 Å². The average Bonchev–Trinajstić information content (AvgIpc) is 3.00. The van der Waals surface area contributed by atoms with Gasteiger partial charge in [0.25, 0.3) is 0 Å². The lowest BCUT2D eigenvalue weighted by atomic mass is 10.1. The fraction of sp³-hybridized carbons (Fsp3) is 0.125. The van der Waals surface area contributed by atoms with Crippen molar-refractivity contribution in [2.45, 2.75) is 17.1 Å². The van der Waals surface area contributed by atoms with Crippen LogP contribution in [0.5, 0.6) is 11.6 Å². The van der Waals surface area contributed by atoms with Crippen molar-refractivity contribution in [1.82, 2.24) is 15.2 Å². The number of halogens is 1. The number of anilines is 1. The highest BCUT2D eigenvalue weighted by molar-refractivity contribution is 7.98. The van der Waals surface area contributed by atoms with Crippen molar-refractivity contribution >= 4 is 29.1 Å². The maximum absolute atomic E-state index is 6.32. The van der Waals surface area contributed by atoms with E-state index in [0.29, 0.717) is 27.5 Å². The largest absolute Gasteiger partial charge is 0.497 e. The number of ether oxygens (including phenoxy) is 2. The highest BCUT2D eigenvalue weighted by Gasteiger charge is 2.26. The zero-order valence-electron chi connectivity index (χ0n) is 17.2. The topological polar surface area (TPSA) is 69.2 Å². The molecule has 0 radical (unpaired) electrons. The number of benzene rings is 3. The summed E-state index contributed by atoms with van der Waals surface area (Å²) in [5, 5.41) is 13.5. The molecular formula is C24H19ClN4O2S. The fourth-order valence-corrected chi connectivity index (χ4v) is 4.25. The normalized spacial score (nSPS) is 14.4. The van der Waals surface area contributed by atoms with Crippen LogP contribution in [0.25, 0.3) is 11.3 Å². The van der Waals surface area contributed by atoms with Crippen molar-refractivity contribution in [3.63, 3.8) is 0 Å². The van der Waals surface area contributed by atoms with Crippen LogP contribution in [-0.2, 0) is 5.75 Å². The van der Waals surface area contributed by atoms with E-state index in [1.54, 1.807) is 7.11 Å². The Labute approximate surface area is 195 Å². The predicted molar refractivity (Wildman–Crippen MR) is 126 cm³/mol. The van der Waals surface area contributed by atoms with E-state index < -0.39 is 6.23 Å². The maximum Gasteiger partial charge on any atom is 0.247 e. The quantitative estimate of drug-likeness (QED) is 0.365. The van der Waals surface area contributed by atoms with Crippen molar-refractivity contribution in [2.75, 3.05) is 12.4 Å². The van der Waals surface area contributed by atoms with Crippen LogP contribution in [0.15, 0.2) is 78.0 Å². The summed E-state index contributed by atoms with van der Waals surface area (Å²) < 4.78 is 11.7. The molecule has 2 heterocycles. The molecule has 6 nitrogen and oxygen atoms in total. The second-order valence-corrected chi connectivity index (χ2v) is 8.51. The smallest absolute Gasteiger partial charge is 0.247 e. The van der Waals surface area contributed by atoms with Gasteiger partial charge in [-0.2, -0.15) is 4.98 Å². The molecule has 0 amide bonds. The molecule has 0 bridgehead atoms. The first-order valence-electron chi connectivity index (χ1n) is 9.98. The summed E-state index contributed by atoms with van der Waals surface area (Å²) in [4.78, 5) is 4.69. The molecule has 1 aromatic heterocycles. The van der Waals surface area contributed by atoms with E-state index in [1.165, 1.54) is 11.8 Å². The molecule has 4 aromatic rings. The number of methoxy groups -OCH3 is 1. The van der Waals surface area contributed by atoms with Gasteiger partial charge in [-0.15, -0.1) is 10.2 Å². The first-order valence-corrected chi connectivity index (χ1v) is 11.3. The molecule has 5 rings (SSSR count). The molecule has 0 spiro atoms. The van der Waals surface area contributed by atoms with Crippen molar-refractivity contribution in [2.24, 2.45) is 0 Å². The average molecular weight is 463 g/mol. The zero-order valence-corrected chi connectivity index (χ0v) is 18.7. The lowest BCUT2D eigenvalue weighted by Gasteiger charge is -2.19. The SMILES string of the molecule is COc1cccc([C@H]2Nc3ccccc3-c3nnc(SCc4ccc(Cl)cc4)nc3O2)c1. The monoisotopic (exact) mass is 462 g/mol. The van der Waals surface area contributed by atoms with Gasteiger partial charge in [-0.1, -0.05) is 65.8 Å². The van der Waals surface area contributed by atoms with E-state index in [0.717, 1.165) is 28.1 Å². The minimum absolute atomic E-state index is 0.434. The first kappa shape index (κ1) is 20.6. The molecule has 3 aromatic carbocycles. The molecule has 0 fully saturated rings. The Bertz CT molecular complexity index is 1250. The Balaban J connectivity index is 1.48. The summed E-state index contributed by atoms with van der Waals surface area (Å²) in [6.45, 7) is 0. The van der Waals surface area contributed by atoms with Gasteiger partial charge in [0.05, 0.1) is 7.11 Å². The van der Waals surface area contributed by atoms with Gasteiger partial charge < -0.3 is 14.8 Å². The van der Waals surface area contributed by atoms with Crippen molar-refractivity contribution in [3.8, 4) is 22.9 Å². The minimum Gasteiger partial charge on any atom is -0.497 e. The Kier molecular flexibility index (Phi) is 5.83.